The molecule has 0 bridgehead atoms. The molecular formula is C24H25FN2O4S. The van der Waals surface area contributed by atoms with Gasteiger partial charge in [0.15, 0.2) is 0 Å². The number of pyridine rings is 1. The van der Waals surface area contributed by atoms with E-state index in [-0.39, 0.29) is 20.7 Å². The molecule has 2 heterocycles. The van der Waals surface area contributed by atoms with Crippen molar-refractivity contribution in [1.29, 1.82) is 0 Å². The number of benzene rings is 2. The van der Waals surface area contributed by atoms with E-state index in [2.05, 4.69) is 18.8 Å². The fraction of sp³-hybridized carbons (Fsp3) is 0.333. The number of rotatable bonds is 5. The Morgan fingerprint density at radius 1 is 1.12 bits per heavy atom. The van der Waals surface area contributed by atoms with Crippen LogP contribution in [0, 0.1) is 11.7 Å². The zero-order valence-corrected chi connectivity index (χ0v) is 18.9. The third-order valence-corrected chi connectivity index (χ3v) is 7.33. The normalized spacial score (nSPS) is 14.8. The molecule has 2 aromatic carbocycles. The summed E-state index contributed by atoms with van der Waals surface area (Å²) in [6, 6.07) is 10.4. The van der Waals surface area contributed by atoms with Gasteiger partial charge in [-0.3, -0.25) is 9.78 Å². The topological polar surface area (TPSA) is 76.6 Å². The van der Waals surface area contributed by atoms with Crippen LogP contribution in [0.4, 0.5) is 4.39 Å². The van der Waals surface area contributed by atoms with E-state index in [1.54, 1.807) is 24.3 Å². The van der Waals surface area contributed by atoms with E-state index in [1.165, 1.54) is 23.2 Å². The van der Waals surface area contributed by atoms with Crippen molar-refractivity contribution in [3.05, 3.63) is 65.6 Å². The zero-order valence-electron chi connectivity index (χ0n) is 18.0. The van der Waals surface area contributed by atoms with Crippen LogP contribution in [0.5, 0.6) is 0 Å². The number of carbonyl (C=O) groups is 1. The second kappa shape index (κ2) is 8.96. The van der Waals surface area contributed by atoms with Crippen LogP contribution < -0.4 is 0 Å². The van der Waals surface area contributed by atoms with Crippen LogP contribution in [0.2, 0.25) is 0 Å². The summed E-state index contributed by atoms with van der Waals surface area (Å²) in [5.74, 6) is -0.622. The van der Waals surface area contributed by atoms with E-state index in [0.29, 0.717) is 37.7 Å². The first kappa shape index (κ1) is 22.4. The van der Waals surface area contributed by atoms with Crippen molar-refractivity contribution in [1.82, 2.24) is 9.88 Å². The molecule has 1 amide bonds. The molecular weight excluding hydrogens is 431 g/mol. The fourth-order valence-corrected chi connectivity index (χ4v) is 5.53. The Labute approximate surface area is 186 Å². The molecule has 8 heteroatoms. The lowest BCUT2D eigenvalue weighted by Crippen LogP contribution is -2.41. The first-order valence-electron chi connectivity index (χ1n) is 10.6. The molecule has 6 nitrogen and oxygen atoms in total. The van der Waals surface area contributed by atoms with Gasteiger partial charge in [-0.25, -0.2) is 12.8 Å². The van der Waals surface area contributed by atoms with Crippen LogP contribution in [0.15, 0.2) is 58.5 Å². The predicted molar refractivity (Wildman–Crippen MR) is 119 cm³/mol. The number of carbonyl (C=O) groups excluding carboxylic acids is 1. The van der Waals surface area contributed by atoms with E-state index >= 15 is 0 Å². The van der Waals surface area contributed by atoms with Crippen molar-refractivity contribution in [3.63, 3.8) is 0 Å². The molecule has 0 spiro atoms. The number of aromatic nitrogens is 1. The number of halogens is 1. The molecule has 168 valence electrons. The van der Waals surface area contributed by atoms with Crippen LogP contribution in [0.1, 0.15) is 29.8 Å². The predicted octanol–water partition coefficient (Wildman–Crippen LogP) is 3.88. The lowest BCUT2D eigenvalue weighted by atomic mass is 10.0. The summed E-state index contributed by atoms with van der Waals surface area (Å²) in [7, 11) is -4.13. The quantitative estimate of drug-likeness (QED) is 0.582. The summed E-state index contributed by atoms with van der Waals surface area (Å²) in [4.78, 5) is 18.9. The average molecular weight is 457 g/mol. The summed E-state index contributed by atoms with van der Waals surface area (Å²) >= 11 is 0. The van der Waals surface area contributed by atoms with Gasteiger partial charge in [-0.15, -0.1) is 0 Å². The fourth-order valence-electron chi connectivity index (χ4n) is 3.91. The number of ether oxygens (including phenoxy) is 1. The lowest BCUT2D eigenvalue weighted by molar-refractivity contribution is 0.0300. The molecule has 0 radical (unpaired) electrons. The maximum atomic E-state index is 14.1. The van der Waals surface area contributed by atoms with Gasteiger partial charge >= 0.3 is 0 Å². The zero-order chi connectivity index (χ0) is 22.9. The van der Waals surface area contributed by atoms with Crippen LogP contribution >= 0.6 is 0 Å². The van der Waals surface area contributed by atoms with Crippen molar-refractivity contribution >= 4 is 26.6 Å². The van der Waals surface area contributed by atoms with Gasteiger partial charge in [-0.2, -0.15) is 0 Å². The van der Waals surface area contributed by atoms with Crippen molar-refractivity contribution in [2.45, 2.75) is 30.1 Å². The molecule has 0 N–H and O–H groups in total. The van der Waals surface area contributed by atoms with Crippen molar-refractivity contribution in [2.75, 3.05) is 26.3 Å². The molecule has 1 aliphatic rings. The van der Waals surface area contributed by atoms with Gasteiger partial charge in [-0.1, -0.05) is 26.0 Å². The Hall–Kier alpha value is -2.84. The highest BCUT2D eigenvalue weighted by Gasteiger charge is 2.31. The molecule has 1 fully saturated rings. The first-order chi connectivity index (χ1) is 15.3. The van der Waals surface area contributed by atoms with E-state index in [0.717, 1.165) is 18.1 Å². The van der Waals surface area contributed by atoms with Gasteiger partial charge in [0.05, 0.1) is 34.1 Å². The number of fused-ring (bicyclic) bond motifs is 1. The lowest BCUT2D eigenvalue weighted by Gasteiger charge is -2.27. The van der Waals surface area contributed by atoms with Crippen LogP contribution in [-0.2, 0) is 21.0 Å². The maximum Gasteiger partial charge on any atom is 0.256 e. The standard InChI is InChI=1S/C24H25FN2O4S/c1-16(2)13-17-3-6-19(7-4-17)32(29,30)23-20-14-18(25)5-8-22(20)26-15-21(23)24(28)27-9-11-31-12-10-27/h3-8,14-16H,9-13H2,1-2H3. The van der Waals surface area contributed by atoms with Gasteiger partial charge in [0.1, 0.15) is 5.82 Å². The molecule has 0 saturated carbocycles. The molecule has 0 aliphatic carbocycles. The summed E-state index contributed by atoms with van der Waals surface area (Å²) < 4.78 is 46.9. The van der Waals surface area contributed by atoms with Gasteiger partial charge in [0.2, 0.25) is 9.84 Å². The van der Waals surface area contributed by atoms with Gasteiger partial charge in [0.25, 0.3) is 5.91 Å². The number of morpholine rings is 1. The van der Waals surface area contributed by atoms with E-state index in [4.69, 9.17) is 4.74 Å². The molecule has 32 heavy (non-hydrogen) atoms. The molecule has 1 aromatic heterocycles. The SMILES string of the molecule is CC(C)Cc1ccc(S(=O)(=O)c2c(C(=O)N3CCOCC3)cnc3ccc(F)cc23)cc1. The van der Waals surface area contributed by atoms with Crippen LogP contribution in [0.3, 0.4) is 0 Å². The van der Waals surface area contributed by atoms with Crippen molar-refractivity contribution in [3.8, 4) is 0 Å². The largest absolute Gasteiger partial charge is 0.378 e. The third-order valence-electron chi connectivity index (χ3n) is 5.46. The Morgan fingerprint density at radius 2 is 1.81 bits per heavy atom. The second-order valence-electron chi connectivity index (χ2n) is 8.31. The number of hydrogen-bond donors (Lipinski definition) is 0. The molecule has 0 atom stereocenters. The minimum Gasteiger partial charge on any atom is -0.378 e. The summed E-state index contributed by atoms with van der Waals surface area (Å²) in [5, 5.41) is 0.0929. The summed E-state index contributed by atoms with van der Waals surface area (Å²) in [6.07, 6.45) is 2.10. The Bertz CT molecular complexity index is 1250. The third kappa shape index (κ3) is 4.38. The summed E-state index contributed by atoms with van der Waals surface area (Å²) in [5.41, 5.74) is 1.27. The van der Waals surface area contributed by atoms with Gasteiger partial charge in [0, 0.05) is 24.7 Å². The average Bonchev–Trinajstić information content (AvgIpc) is 2.78. The monoisotopic (exact) mass is 456 g/mol. The number of amides is 1. The second-order valence-corrected chi connectivity index (χ2v) is 10.2. The Balaban J connectivity index is 1.88. The highest BCUT2D eigenvalue weighted by molar-refractivity contribution is 7.91. The summed E-state index contributed by atoms with van der Waals surface area (Å²) in [6.45, 7) is 5.63. The molecule has 4 rings (SSSR count). The van der Waals surface area contributed by atoms with Crippen molar-refractivity contribution in [2.24, 2.45) is 5.92 Å². The molecule has 1 aliphatic heterocycles. The molecule has 3 aromatic rings. The highest BCUT2D eigenvalue weighted by Crippen LogP contribution is 2.32. The van der Waals surface area contributed by atoms with E-state index in [1.807, 2.05) is 0 Å². The van der Waals surface area contributed by atoms with Gasteiger partial charge in [-0.05, 0) is 48.2 Å². The van der Waals surface area contributed by atoms with Crippen molar-refractivity contribution < 1.29 is 22.3 Å². The van der Waals surface area contributed by atoms with Crippen LogP contribution in [0.25, 0.3) is 10.9 Å². The number of nitrogens with zero attached hydrogens (tertiary/aromatic N) is 2. The van der Waals surface area contributed by atoms with E-state index in [9.17, 15) is 17.6 Å². The minimum atomic E-state index is -4.13. The maximum absolute atomic E-state index is 14.1. The smallest absolute Gasteiger partial charge is 0.256 e. The highest BCUT2D eigenvalue weighted by atomic mass is 32.2. The Kier molecular flexibility index (Phi) is 6.26. The first-order valence-corrected chi connectivity index (χ1v) is 12.0. The minimum absolute atomic E-state index is 0.0535. The Morgan fingerprint density at radius 3 is 2.47 bits per heavy atom. The van der Waals surface area contributed by atoms with E-state index < -0.39 is 21.6 Å². The molecule has 0 unspecified atom stereocenters. The van der Waals surface area contributed by atoms with Crippen LogP contribution in [-0.4, -0.2) is 50.5 Å². The molecule has 1 saturated heterocycles. The van der Waals surface area contributed by atoms with Gasteiger partial charge < -0.3 is 9.64 Å². The number of hydrogen-bond acceptors (Lipinski definition) is 5. The number of sulfone groups is 1.